The number of alkyl halides is 1. The van der Waals surface area contributed by atoms with Crippen molar-refractivity contribution in [1.29, 1.82) is 0 Å². The molecule has 0 aromatic carbocycles. The number of halogens is 1. The molecule has 1 aliphatic rings. The lowest BCUT2D eigenvalue weighted by molar-refractivity contribution is -0.145. The quantitative estimate of drug-likeness (QED) is 0.784. The average Bonchev–Trinajstić information content (AvgIpc) is 2.90. The highest BCUT2D eigenvalue weighted by Gasteiger charge is 2.34. The maximum absolute atomic E-state index is 12.1. The number of amides is 1. The van der Waals surface area contributed by atoms with Crippen LogP contribution in [0.15, 0.2) is 10.5 Å². The third-order valence-electron chi connectivity index (χ3n) is 3.46. The van der Waals surface area contributed by atoms with Crippen molar-refractivity contribution < 1.29 is 18.7 Å². The molecule has 0 aliphatic carbocycles. The molecule has 1 saturated heterocycles. The summed E-state index contributed by atoms with van der Waals surface area (Å²) in [6, 6.07) is 1.94. The smallest absolute Gasteiger partial charge is 0.237 e. The molecule has 118 valence electrons. The van der Waals surface area contributed by atoms with E-state index in [1.807, 2.05) is 33.8 Å². The van der Waals surface area contributed by atoms with E-state index in [2.05, 4.69) is 0 Å². The maximum atomic E-state index is 12.1. The lowest BCUT2D eigenvalue weighted by Crippen LogP contribution is -2.39. The minimum Gasteiger partial charge on any atom is -0.466 e. The summed E-state index contributed by atoms with van der Waals surface area (Å²) in [5.74, 6) is 0.893. The molecule has 2 heterocycles. The molecule has 0 unspecified atom stereocenters. The number of nitrogens with zero attached hydrogens (tertiary/aromatic N) is 1. The van der Waals surface area contributed by atoms with E-state index in [0.717, 1.165) is 17.1 Å². The summed E-state index contributed by atoms with van der Waals surface area (Å²) in [6.07, 6.45) is -0.138. The van der Waals surface area contributed by atoms with Gasteiger partial charge in [-0.3, -0.25) is 4.79 Å². The van der Waals surface area contributed by atoms with Crippen molar-refractivity contribution >= 4 is 17.5 Å². The predicted octanol–water partition coefficient (Wildman–Crippen LogP) is 2.62. The predicted molar refractivity (Wildman–Crippen MR) is 79.2 cm³/mol. The minimum atomic E-state index is -0.595. The van der Waals surface area contributed by atoms with Crippen LogP contribution in [0.4, 0.5) is 0 Å². The van der Waals surface area contributed by atoms with E-state index in [0.29, 0.717) is 19.7 Å². The molecule has 6 heteroatoms. The molecule has 0 spiro atoms. The molecule has 1 aliphatic heterocycles. The number of carbonyl (C=O) groups is 1. The van der Waals surface area contributed by atoms with Crippen molar-refractivity contribution in [2.24, 2.45) is 0 Å². The standard InChI is InChI=1S/C15H22ClNO4/c1-10-5-12(11(2)20-10)7-17(14(18)6-16)8-13-9-19-15(3,4)21-13/h5,13H,6-9H2,1-4H3/t13-/m0/s1. The first kappa shape index (κ1) is 16.3. The SMILES string of the molecule is Cc1cc(CN(C[C@H]2COC(C)(C)O2)C(=O)CCl)c(C)o1. The Balaban J connectivity index is 2.05. The number of carbonyl (C=O) groups excluding carboxylic acids is 1. The van der Waals surface area contributed by atoms with Crippen LogP contribution in [0.3, 0.4) is 0 Å². The summed E-state index contributed by atoms with van der Waals surface area (Å²) in [4.78, 5) is 13.7. The Morgan fingerprint density at radius 1 is 1.48 bits per heavy atom. The van der Waals surface area contributed by atoms with Crippen molar-refractivity contribution in [3.63, 3.8) is 0 Å². The first-order valence-corrected chi connectivity index (χ1v) is 7.55. The average molecular weight is 316 g/mol. The van der Waals surface area contributed by atoms with Gasteiger partial charge in [0, 0.05) is 18.7 Å². The summed E-state index contributed by atoms with van der Waals surface area (Å²) in [6.45, 7) is 8.91. The van der Waals surface area contributed by atoms with Crippen LogP contribution in [0, 0.1) is 13.8 Å². The van der Waals surface area contributed by atoms with Crippen LogP contribution in [-0.2, 0) is 20.8 Å². The van der Waals surface area contributed by atoms with E-state index < -0.39 is 5.79 Å². The van der Waals surface area contributed by atoms with E-state index in [9.17, 15) is 4.79 Å². The molecular formula is C15H22ClNO4. The molecule has 1 amide bonds. The molecule has 1 fully saturated rings. The number of aryl methyl sites for hydroxylation is 2. The van der Waals surface area contributed by atoms with Gasteiger partial charge in [0.05, 0.1) is 6.61 Å². The summed E-state index contributed by atoms with van der Waals surface area (Å²) in [5, 5.41) is 0. The molecule has 0 N–H and O–H groups in total. The molecule has 1 aromatic rings. The van der Waals surface area contributed by atoms with Gasteiger partial charge < -0.3 is 18.8 Å². The number of rotatable bonds is 5. The van der Waals surface area contributed by atoms with Gasteiger partial charge in [-0.1, -0.05) is 0 Å². The van der Waals surface area contributed by atoms with Gasteiger partial charge in [0.25, 0.3) is 0 Å². The fraction of sp³-hybridized carbons (Fsp3) is 0.667. The van der Waals surface area contributed by atoms with Crippen LogP contribution in [0.1, 0.15) is 30.9 Å². The lowest BCUT2D eigenvalue weighted by Gasteiger charge is -2.25. The molecule has 1 atom stereocenters. The second-order valence-electron chi connectivity index (χ2n) is 5.80. The fourth-order valence-electron chi connectivity index (χ4n) is 2.48. The van der Waals surface area contributed by atoms with Gasteiger partial charge in [-0.05, 0) is 33.8 Å². The summed E-state index contributed by atoms with van der Waals surface area (Å²) >= 11 is 5.71. The Hall–Kier alpha value is -1.04. The highest BCUT2D eigenvalue weighted by atomic mass is 35.5. The van der Waals surface area contributed by atoms with Gasteiger partial charge in [-0.2, -0.15) is 0 Å². The van der Waals surface area contributed by atoms with Gasteiger partial charge >= 0.3 is 0 Å². The van der Waals surface area contributed by atoms with Crippen LogP contribution in [0.25, 0.3) is 0 Å². The first-order valence-electron chi connectivity index (χ1n) is 7.02. The number of hydrogen-bond donors (Lipinski definition) is 0. The summed E-state index contributed by atoms with van der Waals surface area (Å²) < 4.78 is 16.8. The van der Waals surface area contributed by atoms with Crippen molar-refractivity contribution in [2.45, 2.75) is 46.1 Å². The Bertz CT molecular complexity index is 512. The van der Waals surface area contributed by atoms with E-state index >= 15 is 0 Å². The second kappa shape index (κ2) is 6.38. The molecule has 21 heavy (non-hydrogen) atoms. The largest absolute Gasteiger partial charge is 0.466 e. The van der Waals surface area contributed by atoms with Crippen molar-refractivity contribution in [3.05, 3.63) is 23.2 Å². The van der Waals surface area contributed by atoms with Gasteiger partial charge in [0.2, 0.25) is 5.91 Å². The van der Waals surface area contributed by atoms with Crippen LogP contribution >= 0.6 is 11.6 Å². The highest BCUT2D eigenvalue weighted by Crippen LogP contribution is 2.24. The molecule has 0 radical (unpaired) electrons. The normalized spacial score (nSPS) is 20.7. The van der Waals surface area contributed by atoms with E-state index in [1.165, 1.54) is 0 Å². The van der Waals surface area contributed by atoms with Gasteiger partial charge in [0.15, 0.2) is 5.79 Å². The third kappa shape index (κ3) is 4.22. The zero-order valence-corrected chi connectivity index (χ0v) is 13.7. The van der Waals surface area contributed by atoms with E-state index in [4.69, 9.17) is 25.5 Å². The molecule has 1 aromatic heterocycles. The number of ether oxygens (including phenoxy) is 2. The van der Waals surface area contributed by atoms with Gasteiger partial charge in [0.1, 0.15) is 23.5 Å². The van der Waals surface area contributed by atoms with Crippen molar-refractivity contribution in [2.75, 3.05) is 19.0 Å². The number of hydrogen-bond acceptors (Lipinski definition) is 4. The van der Waals surface area contributed by atoms with E-state index in [-0.39, 0.29) is 17.9 Å². The Kier molecular flexibility index (Phi) is 4.96. The monoisotopic (exact) mass is 315 g/mol. The van der Waals surface area contributed by atoms with Crippen LogP contribution in [0.2, 0.25) is 0 Å². The lowest BCUT2D eigenvalue weighted by atomic mass is 10.2. The maximum Gasteiger partial charge on any atom is 0.237 e. The number of furan rings is 1. The second-order valence-corrected chi connectivity index (χ2v) is 6.06. The fourth-order valence-corrected chi connectivity index (χ4v) is 2.65. The third-order valence-corrected chi connectivity index (χ3v) is 3.69. The topological polar surface area (TPSA) is 51.9 Å². The Morgan fingerprint density at radius 3 is 2.67 bits per heavy atom. The zero-order valence-electron chi connectivity index (χ0n) is 12.9. The molecule has 0 saturated carbocycles. The van der Waals surface area contributed by atoms with Crippen molar-refractivity contribution in [1.82, 2.24) is 4.90 Å². The van der Waals surface area contributed by atoms with Crippen LogP contribution in [0.5, 0.6) is 0 Å². The van der Waals surface area contributed by atoms with Crippen LogP contribution in [-0.4, -0.2) is 41.7 Å². The molecule has 0 bridgehead atoms. The Labute approximate surface area is 130 Å². The minimum absolute atomic E-state index is 0.0488. The highest BCUT2D eigenvalue weighted by molar-refractivity contribution is 6.27. The molecule has 2 rings (SSSR count). The first-order chi connectivity index (χ1) is 9.80. The van der Waals surface area contributed by atoms with Gasteiger partial charge in [-0.25, -0.2) is 0 Å². The summed E-state index contributed by atoms with van der Waals surface area (Å²) in [5.41, 5.74) is 0.990. The zero-order chi connectivity index (χ0) is 15.6. The van der Waals surface area contributed by atoms with Gasteiger partial charge in [-0.15, -0.1) is 11.6 Å². The summed E-state index contributed by atoms with van der Waals surface area (Å²) in [7, 11) is 0. The van der Waals surface area contributed by atoms with Crippen molar-refractivity contribution in [3.8, 4) is 0 Å². The molecular weight excluding hydrogens is 294 g/mol. The molecule has 5 nitrogen and oxygen atoms in total. The van der Waals surface area contributed by atoms with Crippen LogP contribution < -0.4 is 0 Å². The van der Waals surface area contributed by atoms with E-state index in [1.54, 1.807) is 4.90 Å². The Morgan fingerprint density at radius 2 is 2.19 bits per heavy atom.